The second-order valence-electron chi connectivity index (χ2n) is 8.49. The summed E-state index contributed by atoms with van der Waals surface area (Å²) in [5, 5.41) is 0. The lowest BCUT2D eigenvalue weighted by atomic mass is 9.77. The molecule has 2 aromatic rings. The minimum Gasteiger partial charge on any atom is -0.432 e. The largest absolute Gasteiger partial charge is 0.432 e. The van der Waals surface area contributed by atoms with Gasteiger partial charge in [0.1, 0.15) is 0 Å². The van der Waals surface area contributed by atoms with Crippen LogP contribution >= 0.6 is 0 Å². The zero-order valence-electron chi connectivity index (χ0n) is 18.1. The molecule has 0 atom stereocenters. The van der Waals surface area contributed by atoms with Crippen molar-refractivity contribution in [3.63, 3.8) is 0 Å². The van der Waals surface area contributed by atoms with E-state index in [0.29, 0.717) is 11.5 Å². The number of rotatable bonds is 10. The Labute approximate surface area is 185 Å². The van der Waals surface area contributed by atoms with Crippen LogP contribution in [0.5, 0.6) is 5.75 Å². The van der Waals surface area contributed by atoms with Crippen LogP contribution in [0, 0.1) is 11.7 Å². The Kier molecular flexibility index (Phi) is 8.51. The standard InChI is InChI=1S/C25H29F5O2/c1-2-3-17-4-9-20(10-5-17)21-11-6-18(7-12-21)16-31-25(29,30)15-19-8-13-23(22(26)14-19)32-24(27)28/h6-8,11-14,17,20,24H,2-5,9-10,15-16H2,1H3. The molecule has 1 fully saturated rings. The van der Waals surface area contributed by atoms with E-state index in [1.807, 2.05) is 12.1 Å². The number of hydrogen-bond acceptors (Lipinski definition) is 2. The van der Waals surface area contributed by atoms with E-state index in [-0.39, 0.29) is 12.2 Å². The summed E-state index contributed by atoms with van der Waals surface area (Å²) in [5.41, 5.74) is 1.78. The highest BCUT2D eigenvalue weighted by atomic mass is 19.3. The second kappa shape index (κ2) is 11.1. The topological polar surface area (TPSA) is 18.5 Å². The van der Waals surface area contributed by atoms with Crippen LogP contribution in [0.2, 0.25) is 0 Å². The summed E-state index contributed by atoms with van der Waals surface area (Å²) in [6.45, 7) is -1.26. The molecule has 3 rings (SSSR count). The lowest BCUT2D eigenvalue weighted by molar-refractivity contribution is -0.244. The summed E-state index contributed by atoms with van der Waals surface area (Å²) in [7, 11) is 0. The molecule has 0 aromatic heterocycles. The molecule has 0 heterocycles. The molecule has 0 N–H and O–H groups in total. The van der Waals surface area contributed by atoms with Crippen molar-refractivity contribution in [3.8, 4) is 5.75 Å². The van der Waals surface area contributed by atoms with Gasteiger partial charge < -0.3 is 9.47 Å². The summed E-state index contributed by atoms with van der Waals surface area (Å²) in [6, 6.07) is 10.3. The lowest BCUT2D eigenvalue weighted by Crippen LogP contribution is -2.24. The minimum absolute atomic E-state index is 0.0804. The first kappa shape index (κ1) is 24.5. The first-order valence-electron chi connectivity index (χ1n) is 11.1. The number of alkyl halides is 4. The molecule has 1 saturated carbocycles. The third-order valence-corrected chi connectivity index (χ3v) is 6.07. The quantitative estimate of drug-likeness (QED) is 0.339. The Morgan fingerprint density at radius 3 is 2.22 bits per heavy atom. The molecule has 2 nitrogen and oxygen atoms in total. The SMILES string of the molecule is CCCC1CCC(c2ccc(COC(F)(F)Cc3ccc(OC(F)F)c(F)c3)cc2)CC1. The van der Waals surface area contributed by atoms with Crippen molar-refractivity contribution in [1.29, 1.82) is 0 Å². The molecule has 1 aliphatic carbocycles. The van der Waals surface area contributed by atoms with E-state index >= 15 is 0 Å². The first-order chi connectivity index (χ1) is 15.3. The van der Waals surface area contributed by atoms with Gasteiger partial charge in [0.05, 0.1) is 13.0 Å². The summed E-state index contributed by atoms with van der Waals surface area (Å²) in [5.74, 6) is -0.469. The van der Waals surface area contributed by atoms with Gasteiger partial charge in [-0.2, -0.15) is 17.6 Å². The fourth-order valence-electron chi connectivity index (χ4n) is 4.40. The Morgan fingerprint density at radius 1 is 0.969 bits per heavy atom. The van der Waals surface area contributed by atoms with Crippen molar-refractivity contribution < 1.29 is 31.4 Å². The molecule has 0 unspecified atom stereocenters. The molecule has 0 spiro atoms. The van der Waals surface area contributed by atoms with Crippen LogP contribution in [0.1, 0.15) is 68.1 Å². The van der Waals surface area contributed by atoms with Crippen molar-refractivity contribution in [1.82, 2.24) is 0 Å². The molecule has 0 bridgehead atoms. The Morgan fingerprint density at radius 2 is 1.62 bits per heavy atom. The molecule has 176 valence electrons. The number of ether oxygens (including phenoxy) is 2. The Hall–Kier alpha value is -2.15. The maximum atomic E-state index is 14.2. The summed E-state index contributed by atoms with van der Waals surface area (Å²) < 4.78 is 75.3. The molecule has 0 radical (unpaired) electrons. The van der Waals surface area contributed by atoms with Gasteiger partial charge in [0.2, 0.25) is 0 Å². The van der Waals surface area contributed by atoms with Gasteiger partial charge in [0, 0.05) is 0 Å². The fraction of sp³-hybridized carbons (Fsp3) is 0.520. The minimum atomic E-state index is -3.53. The van der Waals surface area contributed by atoms with Gasteiger partial charge in [-0.05, 0) is 66.3 Å². The Bertz CT molecular complexity index is 846. The van der Waals surface area contributed by atoms with E-state index in [4.69, 9.17) is 4.74 Å². The van der Waals surface area contributed by atoms with Gasteiger partial charge >= 0.3 is 12.7 Å². The lowest BCUT2D eigenvalue weighted by Gasteiger charge is -2.28. The van der Waals surface area contributed by atoms with E-state index in [1.54, 1.807) is 12.1 Å². The molecule has 1 aliphatic rings. The van der Waals surface area contributed by atoms with Crippen molar-refractivity contribution in [3.05, 3.63) is 65.0 Å². The van der Waals surface area contributed by atoms with Crippen molar-refractivity contribution in [2.75, 3.05) is 0 Å². The van der Waals surface area contributed by atoms with Gasteiger partial charge in [-0.1, -0.05) is 50.1 Å². The van der Waals surface area contributed by atoms with Crippen LogP contribution in [0.25, 0.3) is 0 Å². The average Bonchev–Trinajstić information content (AvgIpc) is 2.75. The van der Waals surface area contributed by atoms with Crippen LogP contribution in [0.4, 0.5) is 22.0 Å². The van der Waals surface area contributed by atoms with Crippen molar-refractivity contribution in [2.45, 2.75) is 77.1 Å². The highest BCUT2D eigenvalue weighted by Gasteiger charge is 2.31. The summed E-state index contributed by atoms with van der Waals surface area (Å²) in [4.78, 5) is 0. The predicted octanol–water partition coefficient (Wildman–Crippen LogP) is 7.85. The van der Waals surface area contributed by atoms with E-state index in [9.17, 15) is 22.0 Å². The maximum absolute atomic E-state index is 14.2. The van der Waals surface area contributed by atoms with Gasteiger partial charge in [-0.25, -0.2) is 4.39 Å². The molecular formula is C25H29F5O2. The second-order valence-corrected chi connectivity index (χ2v) is 8.49. The normalized spacial score (nSPS) is 19.3. The number of benzene rings is 2. The molecule has 0 saturated heterocycles. The maximum Gasteiger partial charge on any atom is 0.387 e. The first-order valence-corrected chi connectivity index (χ1v) is 11.1. The molecular weight excluding hydrogens is 427 g/mol. The van der Waals surface area contributed by atoms with Crippen molar-refractivity contribution in [2.24, 2.45) is 5.92 Å². The number of hydrogen-bond donors (Lipinski definition) is 0. The third-order valence-electron chi connectivity index (χ3n) is 6.07. The molecule has 7 heteroatoms. The van der Waals surface area contributed by atoms with Gasteiger partial charge in [-0.3, -0.25) is 0 Å². The zero-order valence-corrected chi connectivity index (χ0v) is 18.1. The summed E-state index contributed by atoms with van der Waals surface area (Å²) >= 11 is 0. The molecule has 0 amide bonds. The van der Waals surface area contributed by atoms with Gasteiger partial charge in [0.25, 0.3) is 0 Å². The van der Waals surface area contributed by atoms with Crippen LogP contribution in [0.15, 0.2) is 42.5 Å². The van der Waals surface area contributed by atoms with Gasteiger partial charge in [-0.15, -0.1) is 0 Å². The van der Waals surface area contributed by atoms with Crippen LogP contribution in [-0.4, -0.2) is 12.7 Å². The number of halogens is 5. The highest BCUT2D eigenvalue weighted by molar-refractivity contribution is 5.30. The zero-order chi connectivity index (χ0) is 23.1. The molecule has 0 aliphatic heterocycles. The highest BCUT2D eigenvalue weighted by Crippen LogP contribution is 2.37. The van der Waals surface area contributed by atoms with Gasteiger partial charge in [0.15, 0.2) is 11.6 Å². The monoisotopic (exact) mass is 456 g/mol. The fourth-order valence-corrected chi connectivity index (χ4v) is 4.40. The average molecular weight is 456 g/mol. The predicted molar refractivity (Wildman–Crippen MR) is 113 cm³/mol. The third kappa shape index (κ3) is 7.19. The van der Waals surface area contributed by atoms with E-state index in [2.05, 4.69) is 11.7 Å². The van der Waals surface area contributed by atoms with Crippen LogP contribution < -0.4 is 4.74 Å². The van der Waals surface area contributed by atoms with Crippen molar-refractivity contribution >= 4 is 0 Å². The molecule has 32 heavy (non-hydrogen) atoms. The Balaban J connectivity index is 1.50. The van der Waals surface area contributed by atoms with E-state index in [0.717, 1.165) is 37.0 Å². The smallest absolute Gasteiger partial charge is 0.387 e. The molecule has 2 aromatic carbocycles. The van der Waals surface area contributed by atoms with Crippen LogP contribution in [-0.2, 0) is 17.8 Å². The van der Waals surface area contributed by atoms with E-state index < -0.39 is 30.7 Å². The van der Waals surface area contributed by atoms with Crippen LogP contribution in [0.3, 0.4) is 0 Å². The van der Waals surface area contributed by atoms with E-state index in [1.165, 1.54) is 31.2 Å². The summed E-state index contributed by atoms with van der Waals surface area (Å²) in [6.07, 6.45) is 2.91.